The summed E-state index contributed by atoms with van der Waals surface area (Å²) in [5, 5.41) is 19.5. The molecule has 85 heavy (non-hydrogen) atoms. The van der Waals surface area contributed by atoms with Crippen LogP contribution in [0.4, 0.5) is 17.1 Å². The molecule has 0 radical (unpaired) electrons. The van der Waals surface area contributed by atoms with Gasteiger partial charge in [-0.05, 0) is 140 Å². The summed E-state index contributed by atoms with van der Waals surface area (Å²) >= 11 is 6.27. The summed E-state index contributed by atoms with van der Waals surface area (Å²) in [5.74, 6) is 4.68. The van der Waals surface area contributed by atoms with Crippen molar-refractivity contribution in [2.45, 2.75) is 76.3 Å². The number of imide groups is 1. The largest absolute Gasteiger partial charge is 0.455 e. The Morgan fingerprint density at radius 3 is 2.56 bits per heavy atom. The highest BCUT2D eigenvalue weighted by molar-refractivity contribution is 7.90. The molecule has 0 bridgehead atoms. The average Bonchev–Trinajstić information content (AvgIpc) is 2.50. The maximum absolute atomic E-state index is 14.2. The van der Waals surface area contributed by atoms with Crippen LogP contribution in [0.3, 0.4) is 0 Å². The molecule has 4 N–H and O–H groups in total. The first kappa shape index (κ1) is 58.6. The molecule has 4 aliphatic heterocycles. The van der Waals surface area contributed by atoms with Crippen molar-refractivity contribution < 1.29 is 42.0 Å². The fraction of sp³-hybridized carbons (Fsp3) is 0.381. The van der Waals surface area contributed by atoms with E-state index in [4.69, 9.17) is 21.1 Å². The van der Waals surface area contributed by atoms with Gasteiger partial charge in [-0.15, -0.1) is 0 Å². The normalized spacial score (nSPS) is 19.3. The predicted molar refractivity (Wildman–Crippen MR) is 323 cm³/mol. The van der Waals surface area contributed by atoms with Crippen LogP contribution in [0.15, 0.2) is 114 Å². The molecule has 442 valence electrons. The van der Waals surface area contributed by atoms with Gasteiger partial charge in [0.05, 0.1) is 28.2 Å². The molecule has 0 saturated carbocycles. The SMILES string of the molecule is CC1(C)CCC(CN2CCN(c3ccc(C(=O)NS(=O)(=O)c4ccc(NCC5CCCN(CCOCC#Cc6ccc7c(c6)CN(C6CCC(=O)NC6=O)C7=O)C5)c([N+](=O)[O-])c4)c(Oc4cnc5[nH]ccc5c4)c3)CC2)=C(c2ccc(Cl)cc2)C1. The lowest BCUT2D eigenvalue weighted by Gasteiger charge is -2.39. The average molecular weight is 1190 g/mol. The minimum absolute atomic E-state index is 0.0633. The lowest BCUT2D eigenvalue weighted by atomic mass is 9.72. The summed E-state index contributed by atoms with van der Waals surface area (Å²) in [6.07, 6.45) is 8.68. The fourth-order valence-corrected chi connectivity index (χ4v) is 13.2. The fourth-order valence-electron chi connectivity index (χ4n) is 12.1. The van der Waals surface area contributed by atoms with Crippen molar-refractivity contribution in [1.82, 2.24) is 34.7 Å². The van der Waals surface area contributed by atoms with Crippen LogP contribution in [0.1, 0.15) is 96.2 Å². The van der Waals surface area contributed by atoms with Gasteiger partial charge in [0.25, 0.3) is 27.5 Å². The van der Waals surface area contributed by atoms with E-state index in [1.165, 1.54) is 46.0 Å². The summed E-state index contributed by atoms with van der Waals surface area (Å²) in [7, 11) is -4.64. The van der Waals surface area contributed by atoms with E-state index in [1.54, 1.807) is 36.5 Å². The number of pyridine rings is 1. The van der Waals surface area contributed by atoms with Crippen LogP contribution in [-0.4, -0.2) is 140 Å². The van der Waals surface area contributed by atoms with Crippen LogP contribution < -0.4 is 25.0 Å². The number of benzene rings is 4. The van der Waals surface area contributed by atoms with E-state index in [-0.39, 0.29) is 59.7 Å². The van der Waals surface area contributed by atoms with Crippen LogP contribution in [0.2, 0.25) is 5.02 Å². The third-order valence-electron chi connectivity index (χ3n) is 16.7. The minimum Gasteiger partial charge on any atom is -0.455 e. The number of nitrogens with one attached hydrogen (secondary N) is 4. The first-order valence-electron chi connectivity index (χ1n) is 28.8. The Morgan fingerprint density at radius 1 is 0.941 bits per heavy atom. The number of nitro benzene ring substituents is 1. The van der Waals surface area contributed by atoms with Crippen molar-refractivity contribution in [3.8, 4) is 23.3 Å². The summed E-state index contributed by atoms with van der Waals surface area (Å²) in [6, 6.07) is 25.0. The van der Waals surface area contributed by atoms with E-state index in [0.717, 1.165) is 81.0 Å². The molecule has 2 atom stereocenters. The molecule has 22 heteroatoms. The van der Waals surface area contributed by atoms with Crippen LogP contribution >= 0.6 is 11.6 Å². The third-order valence-corrected chi connectivity index (χ3v) is 18.3. The number of anilines is 2. The molecule has 2 unspecified atom stereocenters. The van der Waals surface area contributed by atoms with Crippen LogP contribution in [0, 0.1) is 33.3 Å². The molecule has 4 aromatic carbocycles. The van der Waals surface area contributed by atoms with Crippen LogP contribution in [-0.2, 0) is 30.9 Å². The third kappa shape index (κ3) is 13.9. The number of H-pyrrole nitrogens is 1. The second kappa shape index (κ2) is 25.2. The summed E-state index contributed by atoms with van der Waals surface area (Å²) in [4.78, 5) is 78.6. The Hall–Kier alpha value is -8.13. The topological polar surface area (TPSA) is 242 Å². The number of piperidine rings is 2. The van der Waals surface area contributed by atoms with Gasteiger partial charge in [0.2, 0.25) is 11.8 Å². The molecule has 6 heterocycles. The zero-order valence-electron chi connectivity index (χ0n) is 47.5. The lowest BCUT2D eigenvalue weighted by Crippen LogP contribution is -2.52. The minimum atomic E-state index is -4.64. The number of nitrogens with zero attached hydrogens (tertiary/aromatic N) is 6. The van der Waals surface area contributed by atoms with E-state index < -0.39 is 43.4 Å². The van der Waals surface area contributed by atoms with Gasteiger partial charge in [-0.3, -0.25) is 39.5 Å². The summed E-state index contributed by atoms with van der Waals surface area (Å²) < 4.78 is 42.3. The van der Waals surface area contributed by atoms with E-state index in [9.17, 15) is 37.7 Å². The van der Waals surface area contributed by atoms with Gasteiger partial charge in [-0.2, -0.15) is 0 Å². The maximum Gasteiger partial charge on any atom is 0.293 e. The molecular formula is C63H67ClN10O10S. The number of aromatic nitrogens is 2. The van der Waals surface area contributed by atoms with E-state index in [1.807, 2.05) is 24.3 Å². The monoisotopic (exact) mass is 1190 g/mol. The summed E-state index contributed by atoms with van der Waals surface area (Å²) in [5.41, 5.74) is 7.34. The number of halogens is 1. The molecule has 5 aliphatic rings. The number of allylic oxidation sites excluding steroid dienone is 1. The zero-order valence-corrected chi connectivity index (χ0v) is 49.0. The number of aromatic amines is 1. The highest BCUT2D eigenvalue weighted by atomic mass is 35.5. The molecule has 11 rings (SSSR count). The molecule has 0 spiro atoms. The quantitative estimate of drug-likeness (QED) is 0.0207. The van der Waals surface area contributed by atoms with Crippen molar-refractivity contribution in [3.05, 3.63) is 152 Å². The number of likely N-dealkylation sites (tertiary alicyclic amines) is 1. The Kier molecular flexibility index (Phi) is 17.4. The standard InChI is InChI=1S/C63H67ClN10O10S/c1-63(2)21-19-45(53(35-63)43-8-10-47(64)11-9-43)39-71-24-26-72(27-25-71)48-12-15-52(57(33-48)84-49-32-44-20-22-65-59(44)67-37-49)60(76)69-85(81,82)50-13-16-54(56(34-50)74(79)80)66-36-42-5-3-23-70(38-42)28-30-83-29-4-6-41-7-14-51-46(31-41)40-73(62(51)78)55-17-18-58(75)68-61(55)77/h7-16,20,22,31-34,37,42,55,66H,3,5,17-19,21,23-30,35-36,38-40H2,1-2H3,(H,65,67)(H,69,76)(H,68,75,77). The highest BCUT2D eigenvalue weighted by Crippen LogP contribution is 2.44. The highest BCUT2D eigenvalue weighted by Gasteiger charge is 2.39. The molecule has 6 aromatic rings. The lowest BCUT2D eigenvalue weighted by molar-refractivity contribution is -0.384. The van der Waals surface area contributed by atoms with Crippen molar-refractivity contribution in [2.24, 2.45) is 11.3 Å². The van der Waals surface area contributed by atoms with Gasteiger partial charge in [-0.25, -0.2) is 18.1 Å². The number of carbonyl (C=O) groups excluding carboxylic acids is 4. The Balaban J connectivity index is 0.691. The number of ether oxygens (including phenoxy) is 2. The second-order valence-electron chi connectivity index (χ2n) is 23.2. The molecule has 20 nitrogen and oxygen atoms in total. The van der Waals surface area contributed by atoms with Gasteiger partial charge >= 0.3 is 0 Å². The second-order valence-corrected chi connectivity index (χ2v) is 25.4. The zero-order chi connectivity index (χ0) is 59.4. The molecule has 3 saturated heterocycles. The number of nitro groups is 1. The molecule has 4 amide bonds. The predicted octanol–water partition coefficient (Wildman–Crippen LogP) is 8.77. The van der Waals surface area contributed by atoms with Crippen LogP contribution in [0.25, 0.3) is 16.6 Å². The molecule has 3 fully saturated rings. The maximum atomic E-state index is 14.2. The molecular weight excluding hydrogens is 1120 g/mol. The number of carbonyl (C=O) groups is 4. The van der Waals surface area contributed by atoms with Gasteiger partial charge in [0.1, 0.15) is 35.5 Å². The van der Waals surface area contributed by atoms with Crippen molar-refractivity contribution >= 4 is 78.9 Å². The Labute approximate surface area is 498 Å². The number of hydrogen-bond donors (Lipinski definition) is 4. The van der Waals surface area contributed by atoms with Crippen molar-refractivity contribution in [3.63, 3.8) is 0 Å². The first-order chi connectivity index (χ1) is 40.9. The van der Waals surface area contributed by atoms with Crippen molar-refractivity contribution in [2.75, 3.05) is 82.3 Å². The number of piperazine rings is 1. The first-order valence-corrected chi connectivity index (χ1v) is 30.6. The van der Waals surface area contributed by atoms with Gasteiger partial charge in [0.15, 0.2) is 0 Å². The molecule has 1 aliphatic carbocycles. The van der Waals surface area contributed by atoms with Gasteiger partial charge < -0.3 is 34.5 Å². The number of hydrogen-bond acceptors (Lipinski definition) is 15. The van der Waals surface area contributed by atoms with E-state index in [0.29, 0.717) is 73.3 Å². The summed E-state index contributed by atoms with van der Waals surface area (Å²) in [6.45, 7) is 12.0. The smallest absolute Gasteiger partial charge is 0.293 e. The number of amides is 4. The van der Waals surface area contributed by atoms with Crippen molar-refractivity contribution in [1.29, 1.82) is 0 Å². The Morgan fingerprint density at radius 2 is 1.76 bits per heavy atom. The van der Waals surface area contributed by atoms with Gasteiger partial charge in [0, 0.05) is 111 Å². The molecule has 2 aromatic heterocycles. The number of rotatable bonds is 18. The van der Waals surface area contributed by atoms with E-state index >= 15 is 0 Å². The van der Waals surface area contributed by atoms with Crippen LogP contribution in [0.5, 0.6) is 11.5 Å². The number of fused-ring (bicyclic) bond motifs is 2. The Bertz CT molecular complexity index is 3790. The number of sulfonamides is 1. The van der Waals surface area contributed by atoms with E-state index in [2.05, 4.69) is 77.8 Å². The van der Waals surface area contributed by atoms with Gasteiger partial charge in [-0.1, -0.05) is 55.0 Å².